The second kappa shape index (κ2) is 12.7. The molecule has 2 saturated carbocycles. The normalized spacial score (nSPS) is 17.8. The van der Waals surface area contributed by atoms with Crippen LogP contribution in [0.25, 0.3) is 0 Å². The second-order valence-electron chi connectivity index (χ2n) is 6.83. The maximum absolute atomic E-state index is 11.8. The molecule has 0 spiro atoms. The van der Waals surface area contributed by atoms with Crippen LogP contribution in [0.5, 0.6) is 0 Å². The average Bonchev–Trinajstić information content (AvgIpc) is 3.43. The van der Waals surface area contributed by atoms with Crippen molar-refractivity contribution in [2.45, 2.75) is 13.8 Å². The number of carbonyl (C=O) groups is 1. The summed E-state index contributed by atoms with van der Waals surface area (Å²) in [4.78, 5) is 11.8. The quantitative estimate of drug-likeness (QED) is 0.360. The summed E-state index contributed by atoms with van der Waals surface area (Å²) in [6.07, 6.45) is 15.3. The number of hydrogen-bond donors (Lipinski definition) is 0. The van der Waals surface area contributed by atoms with Gasteiger partial charge in [-0.1, -0.05) is 74.5 Å². The van der Waals surface area contributed by atoms with E-state index in [1.54, 1.807) is 0 Å². The summed E-state index contributed by atoms with van der Waals surface area (Å²) in [5.41, 5.74) is 1.16. The summed E-state index contributed by atoms with van der Waals surface area (Å²) in [6.45, 7) is 4.28. The first-order valence-electron chi connectivity index (χ1n) is 9.54. The third-order valence-corrected chi connectivity index (χ3v) is 7.07. The second-order valence-corrected chi connectivity index (χ2v) is 9.01. The molecule has 0 N–H and O–H groups in total. The Morgan fingerprint density at radius 3 is 1.55 bits per heavy atom. The number of carbonyl (C=O) groups excluding carboxylic acids is 1. The monoisotopic (exact) mass is 440 g/mol. The molecule has 29 heavy (non-hydrogen) atoms. The molecule has 2 aromatic carbocycles. The fourth-order valence-electron chi connectivity index (χ4n) is 3.23. The molecule has 10 radical (unpaired) electrons. The van der Waals surface area contributed by atoms with Crippen molar-refractivity contribution in [2.24, 2.45) is 5.92 Å². The SMILES string of the molecule is CC(C)[C]1[CH][CH][C](P(c2ccccc2)c2ccccc2)[C]1C=O.[CH]1[CH][CH][CH][CH]1.[Fe+2]. The molecule has 0 unspecified atom stereocenters. The van der Waals surface area contributed by atoms with Crippen molar-refractivity contribution in [3.05, 3.63) is 123 Å². The van der Waals surface area contributed by atoms with Crippen LogP contribution in [0.3, 0.4) is 0 Å². The van der Waals surface area contributed by atoms with Crippen LogP contribution in [0.4, 0.5) is 0 Å². The van der Waals surface area contributed by atoms with Gasteiger partial charge in [0.1, 0.15) is 6.29 Å². The summed E-state index contributed by atoms with van der Waals surface area (Å²) in [5.74, 6) is 2.38. The molecule has 2 aliphatic carbocycles. The Labute approximate surface area is 189 Å². The molecule has 0 atom stereocenters. The van der Waals surface area contributed by atoms with Crippen molar-refractivity contribution in [1.82, 2.24) is 0 Å². The van der Waals surface area contributed by atoms with Gasteiger partial charge >= 0.3 is 17.1 Å². The number of hydrogen-bond acceptors (Lipinski definition) is 1. The number of aldehydes is 1. The molecular formula is C26H25FeOP+2. The minimum Gasteiger partial charge on any atom is -0.303 e. The van der Waals surface area contributed by atoms with Crippen molar-refractivity contribution < 1.29 is 21.9 Å². The number of rotatable bonds is 5. The van der Waals surface area contributed by atoms with Gasteiger partial charge in [0.25, 0.3) is 0 Å². The molecule has 0 aliphatic heterocycles. The fraction of sp³-hybridized carbons (Fsp3) is 0.115. The Morgan fingerprint density at radius 2 is 1.17 bits per heavy atom. The molecule has 3 heteroatoms. The van der Waals surface area contributed by atoms with Gasteiger partial charge in [-0.3, -0.25) is 0 Å². The minimum absolute atomic E-state index is 0. The summed E-state index contributed by atoms with van der Waals surface area (Å²) in [5, 5.41) is 2.55. The molecule has 4 rings (SSSR count). The van der Waals surface area contributed by atoms with Crippen molar-refractivity contribution in [3.8, 4) is 0 Å². The van der Waals surface area contributed by atoms with E-state index < -0.39 is 7.92 Å². The standard InChI is InChI=1S/C21H20OP.C5H5.Fe/c1-16(2)19-13-14-21(20(19)15-22)23(17-9-5-3-6-10-17)18-11-7-4-8-12-18;1-2-4-5-3-1;/h3-16H,1-2H3;1-5H;/q;;+2. The van der Waals surface area contributed by atoms with Crippen LogP contribution in [0, 0.1) is 68.4 Å². The van der Waals surface area contributed by atoms with Crippen molar-refractivity contribution in [3.63, 3.8) is 0 Å². The van der Waals surface area contributed by atoms with Gasteiger partial charge in [0.2, 0.25) is 0 Å². The largest absolute Gasteiger partial charge is 2.00 e. The predicted octanol–water partition coefficient (Wildman–Crippen LogP) is 5.10. The van der Waals surface area contributed by atoms with Gasteiger partial charge < -0.3 is 4.79 Å². The van der Waals surface area contributed by atoms with Crippen molar-refractivity contribution in [2.75, 3.05) is 0 Å². The van der Waals surface area contributed by atoms with Gasteiger partial charge in [0, 0.05) is 5.66 Å². The van der Waals surface area contributed by atoms with E-state index in [1.165, 1.54) is 10.6 Å². The van der Waals surface area contributed by atoms with Crippen LogP contribution >= 0.6 is 7.92 Å². The molecule has 0 amide bonds. The fourth-order valence-corrected chi connectivity index (χ4v) is 5.67. The van der Waals surface area contributed by atoms with Gasteiger partial charge in [-0.15, -0.1) is 0 Å². The Bertz CT molecular complexity index is 652. The van der Waals surface area contributed by atoms with Gasteiger partial charge in [-0.2, -0.15) is 0 Å². The smallest absolute Gasteiger partial charge is 0.303 e. The molecule has 0 heterocycles. The topological polar surface area (TPSA) is 17.1 Å². The zero-order valence-electron chi connectivity index (χ0n) is 16.7. The summed E-state index contributed by atoms with van der Waals surface area (Å²) in [7, 11) is -0.708. The van der Waals surface area contributed by atoms with Crippen LogP contribution in [-0.4, -0.2) is 6.29 Å². The molecule has 0 aromatic heterocycles. The zero-order valence-corrected chi connectivity index (χ0v) is 18.7. The zero-order chi connectivity index (χ0) is 19.8. The number of benzene rings is 2. The predicted molar refractivity (Wildman–Crippen MR) is 120 cm³/mol. The Hall–Kier alpha value is -0.941. The van der Waals surface area contributed by atoms with E-state index in [0.29, 0.717) is 5.92 Å². The van der Waals surface area contributed by atoms with Crippen LogP contribution < -0.4 is 10.6 Å². The van der Waals surface area contributed by atoms with Gasteiger partial charge in [-0.25, -0.2) is 0 Å². The average molecular weight is 440 g/mol. The molecular weight excluding hydrogens is 415 g/mol. The van der Waals surface area contributed by atoms with E-state index in [9.17, 15) is 4.79 Å². The van der Waals surface area contributed by atoms with E-state index in [0.717, 1.165) is 23.8 Å². The molecule has 0 bridgehead atoms. The van der Waals surface area contributed by atoms with Crippen LogP contribution in [0.15, 0.2) is 60.7 Å². The first-order valence-corrected chi connectivity index (χ1v) is 10.9. The van der Waals surface area contributed by atoms with E-state index in [1.807, 2.05) is 44.2 Å². The molecule has 0 saturated heterocycles. The van der Waals surface area contributed by atoms with Crippen molar-refractivity contribution in [1.29, 1.82) is 0 Å². The molecule has 2 aromatic rings. The molecule has 146 valence electrons. The molecule has 2 aliphatic rings. The van der Waals surface area contributed by atoms with Gasteiger partial charge in [-0.05, 0) is 75.3 Å². The van der Waals surface area contributed by atoms with Gasteiger partial charge in [0.15, 0.2) is 0 Å². The summed E-state index contributed by atoms with van der Waals surface area (Å²) >= 11 is 0. The summed E-state index contributed by atoms with van der Waals surface area (Å²) in [6, 6.07) is 21.0. The van der Waals surface area contributed by atoms with E-state index in [-0.39, 0.29) is 17.1 Å². The van der Waals surface area contributed by atoms with E-state index in [4.69, 9.17) is 0 Å². The van der Waals surface area contributed by atoms with Gasteiger partial charge in [0.05, 0.1) is 5.92 Å². The molecule has 2 fully saturated rings. The summed E-state index contributed by atoms with van der Waals surface area (Å²) < 4.78 is 0. The maximum atomic E-state index is 11.8. The third kappa shape index (κ3) is 6.52. The Balaban J connectivity index is 0.000000437. The third-order valence-electron chi connectivity index (χ3n) is 4.57. The first-order chi connectivity index (χ1) is 13.7. The first kappa shape index (κ1) is 24.3. The molecule has 1 nitrogen and oxygen atoms in total. The minimum atomic E-state index is -0.708. The van der Waals surface area contributed by atoms with Crippen molar-refractivity contribution >= 4 is 24.8 Å². The van der Waals surface area contributed by atoms with Crippen LogP contribution in [0.2, 0.25) is 0 Å². The Morgan fingerprint density at radius 1 is 0.724 bits per heavy atom. The van der Waals surface area contributed by atoms with Crippen LogP contribution in [-0.2, 0) is 21.9 Å². The van der Waals surface area contributed by atoms with E-state index in [2.05, 4.69) is 75.2 Å². The van der Waals surface area contributed by atoms with Crippen LogP contribution in [0.1, 0.15) is 13.8 Å². The Kier molecular flexibility index (Phi) is 10.6. The van der Waals surface area contributed by atoms with E-state index >= 15 is 0 Å². The maximum Gasteiger partial charge on any atom is 2.00 e.